The molecule has 28 heavy (non-hydrogen) atoms. The molecule has 0 heterocycles. The topological polar surface area (TPSA) is 63.6 Å². The van der Waals surface area contributed by atoms with Crippen molar-refractivity contribution in [2.75, 3.05) is 0 Å². The number of aliphatic hydroxyl groups is 1. The molecule has 0 aliphatic heterocycles. The summed E-state index contributed by atoms with van der Waals surface area (Å²) in [4.78, 5) is 23.9. The molecule has 1 atom stereocenters. The van der Waals surface area contributed by atoms with Crippen molar-refractivity contribution >= 4 is 30.1 Å². The first-order chi connectivity index (χ1) is 13.1. The van der Waals surface area contributed by atoms with E-state index in [2.05, 4.69) is 24.9 Å². The molecule has 0 fully saturated rings. The molecule has 0 radical (unpaired) electrons. The van der Waals surface area contributed by atoms with E-state index in [4.69, 9.17) is 4.74 Å². The van der Waals surface area contributed by atoms with Gasteiger partial charge in [0, 0.05) is 0 Å². The fraction of sp³-hybridized carbons (Fsp3) is 0.826. The number of rotatable bonds is 15. The van der Waals surface area contributed by atoms with Crippen LogP contribution < -0.4 is 0 Å². The molecule has 0 rings (SSSR count). The molecular weight excluding hydrogens is 459 g/mol. The second-order valence-corrected chi connectivity index (χ2v) is 22.1. The van der Waals surface area contributed by atoms with Gasteiger partial charge in [-0.1, -0.05) is 0 Å². The van der Waals surface area contributed by atoms with Crippen LogP contribution in [0.15, 0.2) is 10.2 Å². The number of esters is 1. The number of hydrogen-bond donors (Lipinski definition) is 1. The van der Waals surface area contributed by atoms with Crippen molar-refractivity contribution in [1.29, 1.82) is 0 Å². The zero-order valence-corrected chi connectivity index (χ0v) is 22.0. The summed E-state index contributed by atoms with van der Waals surface area (Å²) >= 11 is -2.44. The van der Waals surface area contributed by atoms with Gasteiger partial charge in [-0.3, -0.25) is 0 Å². The Bertz CT molecular complexity index is 458. The quantitative estimate of drug-likeness (QED) is 0.170. The number of carbonyl (C=O) groups excluding carboxylic acids is 2. The Kier molecular flexibility index (Phi) is 14.4. The normalized spacial score (nSPS) is 13.7. The number of hydrogen-bond acceptors (Lipinski definition) is 4. The molecule has 0 spiro atoms. The van der Waals surface area contributed by atoms with E-state index in [1.165, 1.54) is 51.8 Å². The van der Waals surface area contributed by atoms with Crippen molar-refractivity contribution in [3.8, 4) is 0 Å². The van der Waals surface area contributed by atoms with Crippen LogP contribution in [0.4, 0.5) is 0 Å². The summed E-state index contributed by atoms with van der Waals surface area (Å²) in [5.74, 6) is -0.779. The molecule has 0 aromatic heterocycles. The molecule has 0 aromatic rings. The Labute approximate surface area is 177 Å². The van der Waals surface area contributed by atoms with Crippen molar-refractivity contribution in [3.05, 3.63) is 10.2 Å². The van der Waals surface area contributed by atoms with Crippen molar-refractivity contribution < 1.29 is 19.4 Å². The molecule has 0 saturated heterocycles. The molecule has 164 valence electrons. The van der Waals surface area contributed by atoms with E-state index in [0.717, 1.165) is 0 Å². The molecule has 0 aromatic carbocycles. The Morgan fingerprint density at radius 2 is 1.43 bits per heavy atom. The van der Waals surface area contributed by atoms with Crippen LogP contribution >= 0.6 is 0 Å². The van der Waals surface area contributed by atoms with Gasteiger partial charge in [-0.05, 0) is 0 Å². The maximum absolute atomic E-state index is 12.1. The standard InChI is InChI=1S/C11H17O4.3C4H9.Sn/c1-5-8(12)6-9(13)7-10(14)15-11(2,3)4;3*1-3-4-2;/h1,5,8,12H,6-7H2,2-4H3;3*1,3-4H2,2H3;. The van der Waals surface area contributed by atoms with E-state index >= 15 is 0 Å². The van der Waals surface area contributed by atoms with Crippen LogP contribution in [0.5, 0.6) is 0 Å². The average Bonchev–Trinajstić information content (AvgIpc) is 2.58. The minimum absolute atomic E-state index is 0.00692. The van der Waals surface area contributed by atoms with Crippen LogP contribution in [0.3, 0.4) is 0 Å². The van der Waals surface area contributed by atoms with E-state index in [9.17, 15) is 14.7 Å². The minimum atomic E-state index is -2.44. The maximum atomic E-state index is 12.1. The molecule has 0 aliphatic carbocycles. The van der Waals surface area contributed by atoms with Gasteiger partial charge in [-0.2, -0.15) is 0 Å². The number of Topliss-reactive ketones (excluding diaryl/α,β-unsaturated/α-hetero) is 1. The molecule has 4 nitrogen and oxygen atoms in total. The van der Waals surface area contributed by atoms with E-state index in [0.29, 0.717) is 0 Å². The van der Waals surface area contributed by atoms with Crippen molar-refractivity contribution in [2.45, 2.75) is 118 Å². The van der Waals surface area contributed by atoms with E-state index in [1.54, 1.807) is 20.8 Å². The number of carbonyl (C=O) groups is 2. The molecule has 5 heteroatoms. The summed E-state index contributed by atoms with van der Waals surface area (Å²) < 4.78 is 11.6. The van der Waals surface area contributed by atoms with Gasteiger partial charge in [0.05, 0.1) is 0 Å². The number of aliphatic hydroxyl groups excluding tert-OH is 1. The van der Waals surface area contributed by atoms with E-state index in [1.807, 2.05) is 6.08 Å². The molecule has 0 amide bonds. The van der Waals surface area contributed by atoms with Crippen LogP contribution in [0.1, 0.15) is 92.9 Å². The number of unbranched alkanes of at least 4 members (excludes halogenated alkanes) is 3. The number of ketones is 1. The zero-order valence-electron chi connectivity index (χ0n) is 19.2. The summed E-state index contributed by atoms with van der Waals surface area (Å²) in [7, 11) is 0. The van der Waals surface area contributed by atoms with Crippen LogP contribution in [0.25, 0.3) is 0 Å². The third-order valence-electron chi connectivity index (χ3n) is 4.95. The zero-order chi connectivity index (χ0) is 21.6. The van der Waals surface area contributed by atoms with Gasteiger partial charge in [0.1, 0.15) is 0 Å². The first kappa shape index (κ1) is 27.6. The third-order valence-corrected chi connectivity index (χ3v) is 19.1. The van der Waals surface area contributed by atoms with Gasteiger partial charge in [0.2, 0.25) is 0 Å². The fourth-order valence-electron chi connectivity index (χ4n) is 3.44. The monoisotopic (exact) mass is 504 g/mol. The summed E-state index contributed by atoms with van der Waals surface area (Å²) in [6.45, 7) is 12.1. The van der Waals surface area contributed by atoms with Crippen molar-refractivity contribution in [1.82, 2.24) is 0 Å². The summed E-state index contributed by atoms with van der Waals surface area (Å²) in [6.07, 6.45) is 8.24. The SMILES string of the molecule is CCC[CH2][Sn](/[CH]=C/C(O)CC(=O)CC(=O)OC(C)(C)C)([CH2]CCC)[CH2]CCC. The van der Waals surface area contributed by atoms with Gasteiger partial charge in [0.25, 0.3) is 0 Å². The predicted octanol–water partition coefficient (Wildman–Crippen LogP) is 5.98. The van der Waals surface area contributed by atoms with Gasteiger partial charge in [-0.25, -0.2) is 0 Å². The number of ether oxygens (including phenoxy) is 1. The van der Waals surface area contributed by atoms with Crippen molar-refractivity contribution in [3.63, 3.8) is 0 Å². The fourth-order valence-corrected chi connectivity index (χ4v) is 17.9. The van der Waals surface area contributed by atoms with Crippen LogP contribution in [0, 0.1) is 0 Å². The van der Waals surface area contributed by atoms with Crippen LogP contribution in [-0.2, 0) is 14.3 Å². The molecule has 1 unspecified atom stereocenters. The predicted molar refractivity (Wildman–Crippen MR) is 120 cm³/mol. The van der Waals surface area contributed by atoms with Gasteiger partial charge >= 0.3 is 178 Å². The summed E-state index contributed by atoms with van der Waals surface area (Å²) in [5.41, 5.74) is -0.595. The molecule has 0 aliphatic rings. The van der Waals surface area contributed by atoms with E-state index in [-0.39, 0.29) is 18.6 Å². The second kappa shape index (κ2) is 14.6. The molecule has 0 bridgehead atoms. The Balaban J connectivity index is 4.93. The molecule has 1 N–H and O–H groups in total. The summed E-state index contributed by atoms with van der Waals surface area (Å²) in [6, 6.07) is 0. The molecule has 0 saturated carbocycles. The van der Waals surface area contributed by atoms with Gasteiger partial charge in [-0.15, -0.1) is 0 Å². The summed E-state index contributed by atoms with van der Waals surface area (Å²) in [5, 5.41) is 10.4. The Hall–Kier alpha value is -0.361. The second-order valence-electron chi connectivity index (χ2n) is 9.11. The van der Waals surface area contributed by atoms with E-state index < -0.39 is 36.1 Å². The Morgan fingerprint density at radius 1 is 0.964 bits per heavy atom. The first-order valence-corrected chi connectivity index (χ1v) is 18.9. The third kappa shape index (κ3) is 13.8. The average molecular weight is 503 g/mol. The van der Waals surface area contributed by atoms with Gasteiger partial charge in [0.15, 0.2) is 0 Å². The Morgan fingerprint density at radius 3 is 1.82 bits per heavy atom. The van der Waals surface area contributed by atoms with Crippen LogP contribution in [-0.4, -0.2) is 46.9 Å². The first-order valence-electron chi connectivity index (χ1n) is 11.2. The van der Waals surface area contributed by atoms with Gasteiger partial charge < -0.3 is 0 Å². The molecular formula is C23H44O4Sn. The van der Waals surface area contributed by atoms with Crippen molar-refractivity contribution in [2.24, 2.45) is 0 Å². The van der Waals surface area contributed by atoms with Crippen LogP contribution in [0.2, 0.25) is 13.3 Å².